The number of likely N-dealkylation sites (tertiary alicyclic amines) is 1. The number of hydrogen-bond acceptors (Lipinski definition) is 4. The number of hydrogen-bond donors (Lipinski definition) is 0. The molecule has 1 unspecified atom stereocenters. The fourth-order valence-electron chi connectivity index (χ4n) is 4.13. The van der Waals surface area contributed by atoms with E-state index in [9.17, 15) is 0 Å². The van der Waals surface area contributed by atoms with Gasteiger partial charge in [-0.2, -0.15) is 0 Å². The molecule has 0 aromatic heterocycles. The minimum atomic E-state index is -0.611. The number of nitrogens with zero attached hydrogens (tertiary/aromatic N) is 2. The van der Waals surface area contributed by atoms with Crippen molar-refractivity contribution in [2.45, 2.75) is 49.8 Å². The number of terminal acetylenes is 2. The number of piperidine rings is 1. The molecule has 1 aromatic rings. The monoisotopic (exact) mass is 334 g/mol. The van der Waals surface area contributed by atoms with Crippen molar-refractivity contribution in [2.24, 2.45) is 4.99 Å². The molecule has 3 aliphatic heterocycles. The number of aliphatic imine (C=N–C) groups is 1. The molecule has 3 heterocycles. The lowest BCUT2D eigenvalue weighted by Gasteiger charge is -2.41. The van der Waals surface area contributed by atoms with Crippen molar-refractivity contribution in [2.75, 3.05) is 13.1 Å². The first-order valence-corrected chi connectivity index (χ1v) is 8.76. The van der Waals surface area contributed by atoms with E-state index in [1.165, 1.54) is 11.1 Å². The van der Waals surface area contributed by atoms with Crippen molar-refractivity contribution < 1.29 is 9.47 Å². The molecule has 4 rings (SSSR count). The topological polar surface area (TPSA) is 34.1 Å². The molecule has 1 spiro atoms. The summed E-state index contributed by atoms with van der Waals surface area (Å²) in [7, 11) is 0. The Morgan fingerprint density at radius 1 is 1.16 bits per heavy atom. The van der Waals surface area contributed by atoms with E-state index in [2.05, 4.69) is 46.0 Å². The Morgan fingerprint density at radius 3 is 2.60 bits per heavy atom. The maximum atomic E-state index is 6.22. The van der Waals surface area contributed by atoms with Crippen molar-refractivity contribution in [3.63, 3.8) is 0 Å². The summed E-state index contributed by atoms with van der Waals surface area (Å²) in [6.45, 7) is 2.46. The third kappa shape index (κ3) is 2.77. The molecule has 1 fully saturated rings. The molecule has 0 aliphatic carbocycles. The van der Waals surface area contributed by atoms with Crippen LogP contribution in [0.1, 0.15) is 36.8 Å². The van der Waals surface area contributed by atoms with Crippen LogP contribution in [0.4, 0.5) is 0 Å². The molecular formula is C21H22N2O2. The standard InChI is InChI=1S/C21H22N2O2/c1-3-9-20(10-4-2)16-22-19(25-20)23-13-11-21(12-14-23)18-8-6-5-7-17(18)15-24-21/h1-2,5-8,16,19H,9-15H2. The highest BCUT2D eigenvalue weighted by Crippen LogP contribution is 2.44. The Hall–Kier alpha value is -2.11. The summed E-state index contributed by atoms with van der Waals surface area (Å²) in [4.78, 5) is 6.81. The van der Waals surface area contributed by atoms with Crippen LogP contribution in [-0.4, -0.2) is 36.2 Å². The quantitative estimate of drug-likeness (QED) is 0.797. The van der Waals surface area contributed by atoms with E-state index in [0.29, 0.717) is 19.4 Å². The van der Waals surface area contributed by atoms with E-state index in [1.807, 2.05) is 6.21 Å². The lowest BCUT2D eigenvalue weighted by molar-refractivity contribution is -0.138. The molecular weight excluding hydrogens is 312 g/mol. The number of ether oxygens (including phenoxy) is 2. The molecule has 1 atom stereocenters. The highest BCUT2D eigenvalue weighted by atomic mass is 16.5. The van der Waals surface area contributed by atoms with Crippen LogP contribution in [0.25, 0.3) is 0 Å². The summed E-state index contributed by atoms with van der Waals surface area (Å²) < 4.78 is 12.4. The van der Waals surface area contributed by atoms with Crippen LogP contribution in [0.15, 0.2) is 29.3 Å². The Kier molecular flexibility index (Phi) is 4.13. The average Bonchev–Trinajstić information content (AvgIpc) is 3.20. The van der Waals surface area contributed by atoms with E-state index >= 15 is 0 Å². The van der Waals surface area contributed by atoms with Crippen molar-refractivity contribution in [3.8, 4) is 24.7 Å². The minimum Gasteiger partial charge on any atom is -0.365 e. The molecule has 0 amide bonds. The summed E-state index contributed by atoms with van der Waals surface area (Å²) >= 11 is 0. The lowest BCUT2D eigenvalue weighted by Crippen LogP contribution is -2.48. The summed E-state index contributed by atoms with van der Waals surface area (Å²) in [6.07, 6.45) is 15.3. The predicted molar refractivity (Wildman–Crippen MR) is 96.7 cm³/mol. The van der Waals surface area contributed by atoms with Gasteiger partial charge in [0.25, 0.3) is 0 Å². The maximum absolute atomic E-state index is 6.22. The fourth-order valence-corrected chi connectivity index (χ4v) is 4.13. The molecule has 0 saturated carbocycles. The van der Waals surface area contributed by atoms with Gasteiger partial charge in [0, 0.05) is 32.1 Å². The van der Waals surface area contributed by atoms with Gasteiger partial charge >= 0.3 is 0 Å². The third-order valence-electron chi connectivity index (χ3n) is 5.51. The molecule has 4 heteroatoms. The largest absolute Gasteiger partial charge is 0.365 e. The molecule has 0 N–H and O–H groups in total. The first-order valence-electron chi connectivity index (χ1n) is 8.76. The molecule has 0 bridgehead atoms. The second-order valence-corrected chi connectivity index (χ2v) is 7.02. The van der Waals surface area contributed by atoms with Gasteiger partial charge in [-0.05, 0) is 24.0 Å². The zero-order chi connectivity index (χ0) is 17.3. The lowest BCUT2D eigenvalue weighted by atomic mass is 9.84. The molecule has 128 valence electrons. The summed E-state index contributed by atoms with van der Waals surface area (Å²) in [6, 6.07) is 8.54. The summed E-state index contributed by atoms with van der Waals surface area (Å²) in [5.41, 5.74) is 1.90. The van der Waals surface area contributed by atoms with Gasteiger partial charge < -0.3 is 9.47 Å². The van der Waals surface area contributed by atoms with Crippen LogP contribution in [0, 0.1) is 24.7 Å². The normalized spacial score (nSPS) is 26.2. The Bertz CT molecular complexity index is 747. The van der Waals surface area contributed by atoms with Gasteiger partial charge in [-0.1, -0.05) is 24.3 Å². The van der Waals surface area contributed by atoms with Crippen molar-refractivity contribution in [3.05, 3.63) is 35.4 Å². The molecule has 25 heavy (non-hydrogen) atoms. The highest BCUT2D eigenvalue weighted by Gasteiger charge is 2.45. The van der Waals surface area contributed by atoms with Crippen molar-refractivity contribution in [1.29, 1.82) is 0 Å². The Labute approximate surface area is 149 Å². The Morgan fingerprint density at radius 2 is 1.88 bits per heavy atom. The van der Waals surface area contributed by atoms with E-state index < -0.39 is 5.60 Å². The number of fused-ring (bicyclic) bond motifs is 2. The van der Waals surface area contributed by atoms with E-state index in [-0.39, 0.29) is 12.0 Å². The fraction of sp³-hybridized carbons (Fsp3) is 0.476. The highest BCUT2D eigenvalue weighted by molar-refractivity contribution is 5.71. The SMILES string of the molecule is C#CCC1(CC#C)C=NC(N2CCC3(CC2)OCc2ccccc23)O1. The maximum Gasteiger partial charge on any atom is 0.207 e. The molecule has 0 radical (unpaired) electrons. The van der Waals surface area contributed by atoms with E-state index in [1.54, 1.807) is 0 Å². The van der Waals surface area contributed by atoms with Crippen LogP contribution < -0.4 is 0 Å². The minimum absolute atomic E-state index is 0.149. The van der Waals surface area contributed by atoms with E-state index in [4.69, 9.17) is 22.3 Å². The second-order valence-electron chi connectivity index (χ2n) is 7.02. The number of benzene rings is 1. The van der Waals surface area contributed by atoms with Crippen molar-refractivity contribution >= 4 is 6.21 Å². The van der Waals surface area contributed by atoms with Crippen LogP contribution >= 0.6 is 0 Å². The van der Waals surface area contributed by atoms with Crippen LogP contribution in [0.3, 0.4) is 0 Å². The van der Waals surface area contributed by atoms with Gasteiger partial charge in [-0.15, -0.1) is 24.7 Å². The number of rotatable bonds is 3. The van der Waals surface area contributed by atoms with Crippen LogP contribution in [0.5, 0.6) is 0 Å². The zero-order valence-corrected chi connectivity index (χ0v) is 14.3. The molecule has 1 aromatic carbocycles. The van der Waals surface area contributed by atoms with Crippen molar-refractivity contribution in [1.82, 2.24) is 4.90 Å². The molecule has 1 saturated heterocycles. The summed E-state index contributed by atoms with van der Waals surface area (Å²) in [5.74, 6) is 5.32. The van der Waals surface area contributed by atoms with Gasteiger partial charge in [-0.25, -0.2) is 4.99 Å². The van der Waals surface area contributed by atoms with Gasteiger partial charge in [0.15, 0.2) is 0 Å². The first-order chi connectivity index (χ1) is 12.2. The average molecular weight is 334 g/mol. The smallest absolute Gasteiger partial charge is 0.207 e. The third-order valence-corrected chi connectivity index (χ3v) is 5.51. The Balaban J connectivity index is 1.43. The summed E-state index contributed by atoms with van der Waals surface area (Å²) in [5, 5.41) is 0. The molecule has 3 aliphatic rings. The second kappa shape index (κ2) is 6.32. The van der Waals surface area contributed by atoms with Gasteiger partial charge in [0.1, 0.15) is 5.60 Å². The first kappa shape index (κ1) is 16.4. The van der Waals surface area contributed by atoms with Gasteiger partial charge in [-0.3, -0.25) is 4.90 Å². The van der Waals surface area contributed by atoms with Gasteiger partial charge in [0.05, 0.1) is 12.2 Å². The predicted octanol–water partition coefficient (Wildman–Crippen LogP) is 2.68. The zero-order valence-electron chi connectivity index (χ0n) is 14.3. The van der Waals surface area contributed by atoms with E-state index in [0.717, 1.165) is 25.9 Å². The van der Waals surface area contributed by atoms with Crippen LogP contribution in [-0.2, 0) is 21.7 Å². The molecule has 4 nitrogen and oxygen atoms in total. The van der Waals surface area contributed by atoms with Crippen LogP contribution in [0.2, 0.25) is 0 Å². The van der Waals surface area contributed by atoms with Gasteiger partial charge in [0.2, 0.25) is 6.35 Å².